The minimum Gasteiger partial charge on any atom is -0.351 e. The Morgan fingerprint density at radius 2 is 2.40 bits per heavy atom. The fourth-order valence-corrected chi connectivity index (χ4v) is 3.46. The molecule has 0 aliphatic carbocycles. The summed E-state index contributed by atoms with van der Waals surface area (Å²) in [6.45, 7) is 7.32. The molecule has 0 unspecified atom stereocenters. The van der Waals surface area contributed by atoms with Crippen LogP contribution in [-0.4, -0.2) is 42.5 Å². The van der Waals surface area contributed by atoms with Gasteiger partial charge in [-0.25, -0.2) is 4.98 Å². The molecule has 1 aliphatic heterocycles. The normalized spacial score (nSPS) is 20.3. The van der Waals surface area contributed by atoms with Crippen LogP contribution < -0.4 is 5.32 Å². The highest BCUT2D eigenvalue weighted by atomic mass is 32.1. The maximum absolute atomic E-state index is 12.0. The molecule has 2 heterocycles. The lowest BCUT2D eigenvalue weighted by Gasteiger charge is -2.29. The molecule has 0 aromatic carbocycles. The molecule has 2 rings (SSSR count). The lowest BCUT2D eigenvalue weighted by atomic mass is 9.95. The van der Waals surface area contributed by atoms with E-state index in [1.807, 2.05) is 5.38 Å². The fourth-order valence-electron chi connectivity index (χ4n) is 2.65. The van der Waals surface area contributed by atoms with Crippen LogP contribution in [0.25, 0.3) is 0 Å². The predicted octanol–water partition coefficient (Wildman–Crippen LogP) is 2.73. The van der Waals surface area contributed by atoms with Gasteiger partial charge in [-0.15, -0.1) is 11.3 Å². The van der Waals surface area contributed by atoms with E-state index in [1.54, 1.807) is 11.3 Å². The third kappa shape index (κ3) is 4.28. The molecule has 1 aromatic heterocycles. The van der Waals surface area contributed by atoms with Crippen molar-refractivity contribution in [2.24, 2.45) is 5.92 Å². The van der Waals surface area contributed by atoms with E-state index < -0.39 is 0 Å². The summed E-state index contributed by atoms with van der Waals surface area (Å²) in [4.78, 5) is 18.8. The number of nitrogens with zero attached hydrogens (tertiary/aromatic N) is 2. The molecule has 0 bridgehead atoms. The van der Waals surface area contributed by atoms with E-state index in [9.17, 15) is 4.79 Å². The Kier molecular flexibility index (Phi) is 5.54. The molecule has 1 aromatic rings. The first kappa shape index (κ1) is 15.4. The van der Waals surface area contributed by atoms with Crippen molar-refractivity contribution in [2.75, 3.05) is 26.7 Å². The molecular formula is C15H25N3OS. The summed E-state index contributed by atoms with van der Waals surface area (Å²) in [5.74, 6) is 1.08. The van der Waals surface area contributed by atoms with Crippen molar-refractivity contribution in [3.8, 4) is 0 Å². The summed E-state index contributed by atoms with van der Waals surface area (Å²) >= 11 is 1.57. The van der Waals surface area contributed by atoms with Gasteiger partial charge in [0.05, 0.1) is 5.01 Å². The SMILES string of the molecule is CC(C)c1nc(C(=O)NCC[C@H]2CCCN(C)C2)cs1. The molecule has 0 spiro atoms. The van der Waals surface area contributed by atoms with Crippen molar-refractivity contribution in [1.82, 2.24) is 15.2 Å². The molecule has 1 fully saturated rings. The monoisotopic (exact) mass is 295 g/mol. The van der Waals surface area contributed by atoms with Gasteiger partial charge in [0.15, 0.2) is 0 Å². The first-order valence-corrected chi connectivity index (χ1v) is 8.36. The van der Waals surface area contributed by atoms with Gasteiger partial charge in [-0.3, -0.25) is 4.79 Å². The zero-order valence-electron chi connectivity index (χ0n) is 12.7. The Bertz CT molecular complexity index is 444. The van der Waals surface area contributed by atoms with Gasteiger partial charge < -0.3 is 10.2 Å². The number of thiazole rings is 1. The lowest BCUT2D eigenvalue weighted by Crippen LogP contribution is -2.34. The minimum atomic E-state index is -0.0303. The second-order valence-electron chi connectivity index (χ2n) is 6.04. The molecule has 20 heavy (non-hydrogen) atoms. The zero-order valence-corrected chi connectivity index (χ0v) is 13.5. The highest BCUT2D eigenvalue weighted by molar-refractivity contribution is 7.09. The molecule has 1 atom stereocenters. The second kappa shape index (κ2) is 7.18. The summed E-state index contributed by atoms with van der Waals surface area (Å²) < 4.78 is 0. The van der Waals surface area contributed by atoms with Gasteiger partial charge >= 0.3 is 0 Å². The van der Waals surface area contributed by atoms with Crippen molar-refractivity contribution in [3.63, 3.8) is 0 Å². The number of hydrogen-bond donors (Lipinski definition) is 1. The predicted molar refractivity (Wildman–Crippen MR) is 83.4 cm³/mol. The number of hydrogen-bond acceptors (Lipinski definition) is 4. The molecule has 1 saturated heterocycles. The van der Waals surface area contributed by atoms with Crippen molar-refractivity contribution >= 4 is 17.2 Å². The van der Waals surface area contributed by atoms with Crippen LogP contribution in [0, 0.1) is 5.92 Å². The summed E-state index contributed by atoms with van der Waals surface area (Å²) in [7, 11) is 2.17. The largest absolute Gasteiger partial charge is 0.351 e. The number of likely N-dealkylation sites (tertiary alicyclic amines) is 1. The molecule has 0 radical (unpaired) electrons. The van der Waals surface area contributed by atoms with Crippen LogP contribution in [0.4, 0.5) is 0 Å². The van der Waals surface area contributed by atoms with E-state index in [-0.39, 0.29) is 5.91 Å². The number of piperidine rings is 1. The van der Waals surface area contributed by atoms with Gasteiger partial charge in [0.25, 0.3) is 5.91 Å². The number of carbonyl (C=O) groups is 1. The van der Waals surface area contributed by atoms with Crippen LogP contribution in [-0.2, 0) is 0 Å². The summed E-state index contributed by atoms with van der Waals surface area (Å²) in [5.41, 5.74) is 0.569. The molecule has 4 nitrogen and oxygen atoms in total. The number of amides is 1. The Hall–Kier alpha value is -0.940. The van der Waals surface area contributed by atoms with Gasteiger partial charge in [-0.2, -0.15) is 0 Å². The molecule has 0 saturated carbocycles. The first-order valence-electron chi connectivity index (χ1n) is 7.48. The van der Waals surface area contributed by atoms with Crippen molar-refractivity contribution < 1.29 is 4.79 Å². The molecule has 1 aliphatic rings. The van der Waals surface area contributed by atoms with E-state index in [0.717, 1.165) is 30.4 Å². The van der Waals surface area contributed by atoms with Crippen LogP contribution in [0.2, 0.25) is 0 Å². The van der Waals surface area contributed by atoms with Crippen molar-refractivity contribution in [3.05, 3.63) is 16.1 Å². The Morgan fingerprint density at radius 1 is 1.60 bits per heavy atom. The molecular weight excluding hydrogens is 270 g/mol. The molecule has 5 heteroatoms. The van der Waals surface area contributed by atoms with E-state index in [2.05, 4.69) is 36.1 Å². The summed E-state index contributed by atoms with van der Waals surface area (Å²) in [6, 6.07) is 0. The highest BCUT2D eigenvalue weighted by Crippen LogP contribution is 2.20. The van der Waals surface area contributed by atoms with Crippen molar-refractivity contribution in [1.29, 1.82) is 0 Å². The van der Waals surface area contributed by atoms with Gasteiger partial charge in [0, 0.05) is 24.4 Å². The Morgan fingerprint density at radius 3 is 3.05 bits per heavy atom. The Balaban J connectivity index is 1.74. The van der Waals surface area contributed by atoms with E-state index in [1.165, 1.54) is 19.4 Å². The molecule has 1 N–H and O–H groups in total. The minimum absolute atomic E-state index is 0.0303. The fraction of sp³-hybridized carbons (Fsp3) is 0.733. The van der Waals surface area contributed by atoms with Crippen LogP contribution in [0.5, 0.6) is 0 Å². The standard InChI is InChI=1S/C15H25N3OS/c1-11(2)15-17-13(10-20-15)14(19)16-7-6-12-5-4-8-18(3)9-12/h10-12H,4-9H2,1-3H3,(H,16,19)/t12-/m1/s1. The van der Waals surface area contributed by atoms with Gasteiger partial charge in [-0.1, -0.05) is 13.8 Å². The van der Waals surface area contributed by atoms with Crippen LogP contribution in [0.15, 0.2) is 5.38 Å². The lowest BCUT2D eigenvalue weighted by molar-refractivity contribution is 0.0944. The zero-order chi connectivity index (χ0) is 14.5. The van der Waals surface area contributed by atoms with E-state index in [4.69, 9.17) is 0 Å². The number of aromatic nitrogens is 1. The quantitative estimate of drug-likeness (QED) is 0.908. The summed E-state index contributed by atoms with van der Waals surface area (Å²) in [6.07, 6.45) is 3.63. The number of rotatable bonds is 5. The smallest absolute Gasteiger partial charge is 0.270 e. The van der Waals surface area contributed by atoms with Gasteiger partial charge in [0.2, 0.25) is 0 Å². The number of nitrogens with one attached hydrogen (secondary N) is 1. The van der Waals surface area contributed by atoms with Crippen LogP contribution in [0.1, 0.15) is 54.5 Å². The highest BCUT2D eigenvalue weighted by Gasteiger charge is 2.17. The average molecular weight is 295 g/mol. The van der Waals surface area contributed by atoms with Crippen LogP contribution in [0.3, 0.4) is 0 Å². The topological polar surface area (TPSA) is 45.2 Å². The van der Waals surface area contributed by atoms with E-state index >= 15 is 0 Å². The van der Waals surface area contributed by atoms with Crippen LogP contribution >= 0.6 is 11.3 Å². The van der Waals surface area contributed by atoms with Gasteiger partial charge in [0.1, 0.15) is 5.69 Å². The third-order valence-electron chi connectivity index (χ3n) is 3.81. The molecule has 1 amide bonds. The van der Waals surface area contributed by atoms with Crippen molar-refractivity contribution in [2.45, 2.75) is 39.0 Å². The maximum atomic E-state index is 12.0. The van der Waals surface area contributed by atoms with E-state index in [0.29, 0.717) is 11.6 Å². The first-order chi connectivity index (χ1) is 9.56. The number of carbonyl (C=O) groups excluding carboxylic acids is 1. The maximum Gasteiger partial charge on any atom is 0.270 e. The van der Waals surface area contributed by atoms with Gasteiger partial charge in [-0.05, 0) is 38.8 Å². The third-order valence-corrected chi connectivity index (χ3v) is 4.95. The second-order valence-corrected chi connectivity index (χ2v) is 6.93. The Labute approximate surface area is 125 Å². The summed E-state index contributed by atoms with van der Waals surface area (Å²) in [5, 5.41) is 5.89. The average Bonchev–Trinajstić information content (AvgIpc) is 2.88. The molecule has 112 valence electrons.